The van der Waals surface area contributed by atoms with Gasteiger partial charge in [0.05, 0.1) is 13.7 Å². The highest BCUT2D eigenvalue weighted by molar-refractivity contribution is 5.89. The summed E-state index contributed by atoms with van der Waals surface area (Å²) in [5.41, 5.74) is 0.820. The van der Waals surface area contributed by atoms with E-state index in [0.29, 0.717) is 6.42 Å². The van der Waals surface area contributed by atoms with Crippen LogP contribution in [-0.4, -0.2) is 50.1 Å². The van der Waals surface area contributed by atoms with Gasteiger partial charge >= 0.3 is 12.1 Å². The topological polar surface area (TPSA) is 123 Å². The first kappa shape index (κ1) is 22.9. The average molecular weight is 393 g/mol. The van der Waals surface area contributed by atoms with Crippen molar-refractivity contribution in [3.63, 3.8) is 0 Å². The maximum atomic E-state index is 12.0. The molecule has 2 atom stereocenters. The molecule has 0 aromatic heterocycles. The number of esters is 1. The molecule has 0 radical (unpaired) electrons. The number of methoxy groups -OCH3 is 1. The van der Waals surface area contributed by atoms with Crippen LogP contribution in [-0.2, 0) is 30.5 Å². The van der Waals surface area contributed by atoms with E-state index in [0.717, 1.165) is 5.56 Å². The van der Waals surface area contributed by atoms with Gasteiger partial charge in [-0.25, -0.2) is 9.59 Å². The van der Waals surface area contributed by atoms with Crippen molar-refractivity contribution in [2.75, 3.05) is 20.2 Å². The first-order valence-electron chi connectivity index (χ1n) is 8.95. The number of carbonyl (C=O) groups excluding carboxylic acids is 4. The predicted octanol–water partition coefficient (Wildman–Crippen LogP) is 0.733. The number of ether oxygens (including phenoxy) is 2. The van der Waals surface area contributed by atoms with Crippen LogP contribution in [0.15, 0.2) is 30.3 Å². The van der Waals surface area contributed by atoms with Crippen LogP contribution in [0.1, 0.15) is 25.8 Å². The third-order valence-electron chi connectivity index (χ3n) is 4.04. The number of hydrogen-bond acceptors (Lipinski definition) is 6. The highest BCUT2D eigenvalue weighted by Gasteiger charge is 2.26. The normalized spacial score (nSPS) is 12.2. The first-order valence-corrected chi connectivity index (χ1v) is 8.95. The molecule has 9 heteroatoms. The number of nitrogens with one attached hydrogen (secondary N) is 3. The molecule has 1 aromatic rings. The van der Waals surface area contributed by atoms with Crippen LogP contribution in [0.4, 0.5) is 4.79 Å². The van der Waals surface area contributed by atoms with Crippen molar-refractivity contribution in [2.45, 2.75) is 32.9 Å². The third-order valence-corrected chi connectivity index (χ3v) is 4.04. The Morgan fingerprint density at radius 1 is 1.00 bits per heavy atom. The highest BCUT2D eigenvalue weighted by Crippen LogP contribution is 2.09. The van der Waals surface area contributed by atoms with Crippen LogP contribution in [0.2, 0.25) is 0 Å². The Kier molecular flexibility index (Phi) is 10.1. The molecular formula is C19H27N3O6. The summed E-state index contributed by atoms with van der Waals surface area (Å²) in [6, 6.07) is 8.31. The van der Waals surface area contributed by atoms with E-state index in [1.54, 1.807) is 12.1 Å². The van der Waals surface area contributed by atoms with Crippen molar-refractivity contribution in [1.82, 2.24) is 16.0 Å². The van der Waals surface area contributed by atoms with Gasteiger partial charge in [0.15, 0.2) is 0 Å². The fourth-order valence-corrected chi connectivity index (χ4v) is 2.19. The number of hydrogen-bond donors (Lipinski definition) is 3. The molecule has 3 amide bonds. The van der Waals surface area contributed by atoms with Crippen LogP contribution in [0.3, 0.4) is 0 Å². The molecular weight excluding hydrogens is 366 g/mol. The second-order valence-electron chi connectivity index (χ2n) is 6.15. The smallest absolute Gasteiger partial charge is 0.407 e. The molecule has 0 saturated carbocycles. The molecule has 0 aliphatic rings. The van der Waals surface area contributed by atoms with Crippen LogP contribution in [0.25, 0.3) is 0 Å². The van der Waals surface area contributed by atoms with Crippen molar-refractivity contribution in [1.29, 1.82) is 0 Å². The van der Waals surface area contributed by atoms with Crippen LogP contribution >= 0.6 is 0 Å². The number of benzene rings is 1. The van der Waals surface area contributed by atoms with Gasteiger partial charge < -0.3 is 25.4 Å². The molecule has 0 aliphatic heterocycles. The van der Waals surface area contributed by atoms with Crippen molar-refractivity contribution in [2.24, 2.45) is 5.92 Å². The Morgan fingerprint density at radius 3 is 2.25 bits per heavy atom. The van der Waals surface area contributed by atoms with Gasteiger partial charge in [-0.1, -0.05) is 50.6 Å². The molecule has 9 nitrogen and oxygen atoms in total. The first-order chi connectivity index (χ1) is 13.4. The lowest BCUT2D eigenvalue weighted by atomic mass is 9.99. The summed E-state index contributed by atoms with van der Waals surface area (Å²) in [5, 5.41) is 7.19. The molecule has 28 heavy (non-hydrogen) atoms. The Morgan fingerprint density at radius 2 is 1.64 bits per heavy atom. The van der Waals surface area contributed by atoms with E-state index in [4.69, 9.17) is 4.74 Å². The molecule has 0 bridgehead atoms. The number of carbonyl (C=O) groups is 4. The summed E-state index contributed by atoms with van der Waals surface area (Å²) in [5.74, 6) is -1.76. The summed E-state index contributed by atoms with van der Waals surface area (Å²) in [6.07, 6.45) is -0.0764. The molecule has 0 saturated heterocycles. The maximum absolute atomic E-state index is 12.0. The van der Waals surface area contributed by atoms with Gasteiger partial charge in [-0.3, -0.25) is 9.59 Å². The fraction of sp³-hybridized carbons (Fsp3) is 0.474. The van der Waals surface area contributed by atoms with Gasteiger partial charge in [-0.2, -0.15) is 0 Å². The molecule has 1 aromatic carbocycles. The third kappa shape index (κ3) is 8.52. The van der Waals surface area contributed by atoms with E-state index in [2.05, 4.69) is 20.7 Å². The summed E-state index contributed by atoms with van der Waals surface area (Å²) in [4.78, 5) is 47.0. The van der Waals surface area contributed by atoms with Crippen molar-refractivity contribution < 1.29 is 28.7 Å². The van der Waals surface area contributed by atoms with Gasteiger partial charge in [0.25, 0.3) is 0 Å². The van der Waals surface area contributed by atoms with Gasteiger partial charge in [0.2, 0.25) is 11.8 Å². The molecule has 0 aliphatic carbocycles. The lowest BCUT2D eigenvalue weighted by molar-refractivity contribution is -0.146. The minimum absolute atomic E-state index is 0.0846. The van der Waals surface area contributed by atoms with Crippen LogP contribution in [0.5, 0.6) is 0 Å². The van der Waals surface area contributed by atoms with Crippen LogP contribution in [0, 0.1) is 5.92 Å². The lowest BCUT2D eigenvalue weighted by Gasteiger charge is -2.21. The minimum Gasteiger partial charge on any atom is -0.467 e. The Bertz CT molecular complexity index is 665. The monoisotopic (exact) mass is 393 g/mol. The number of alkyl carbamates (subject to hydrolysis) is 1. The molecule has 0 heterocycles. The number of rotatable bonds is 10. The zero-order valence-corrected chi connectivity index (χ0v) is 16.3. The van der Waals surface area contributed by atoms with Crippen molar-refractivity contribution in [3.8, 4) is 0 Å². The minimum atomic E-state index is -0.787. The second-order valence-corrected chi connectivity index (χ2v) is 6.15. The van der Waals surface area contributed by atoms with Crippen molar-refractivity contribution >= 4 is 23.9 Å². The summed E-state index contributed by atoms with van der Waals surface area (Å²) < 4.78 is 9.65. The van der Waals surface area contributed by atoms with Crippen LogP contribution < -0.4 is 16.0 Å². The number of amides is 3. The Hall–Kier alpha value is -3.10. The maximum Gasteiger partial charge on any atom is 0.407 e. The summed E-state index contributed by atoms with van der Waals surface area (Å²) >= 11 is 0. The van der Waals surface area contributed by atoms with Crippen molar-refractivity contribution in [3.05, 3.63) is 35.9 Å². The quantitative estimate of drug-likeness (QED) is 0.504. The van der Waals surface area contributed by atoms with Gasteiger partial charge in [0.1, 0.15) is 19.2 Å². The van der Waals surface area contributed by atoms with E-state index in [-0.39, 0.29) is 25.6 Å². The van der Waals surface area contributed by atoms with Gasteiger partial charge in [0, 0.05) is 0 Å². The van der Waals surface area contributed by atoms with E-state index >= 15 is 0 Å². The molecule has 0 unspecified atom stereocenters. The van der Waals surface area contributed by atoms with E-state index in [1.165, 1.54) is 7.11 Å². The SMILES string of the molecule is CC[C@H](C)[C@H](NC(=O)CNC(=O)CNC(=O)OCc1ccccc1)C(=O)OC. The Labute approximate surface area is 164 Å². The van der Waals surface area contributed by atoms with E-state index < -0.39 is 29.9 Å². The fourth-order valence-electron chi connectivity index (χ4n) is 2.19. The van der Waals surface area contributed by atoms with E-state index in [1.807, 2.05) is 32.0 Å². The predicted molar refractivity (Wildman–Crippen MR) is 101 cm³/mol. The molecule has 0 spiro atoms. The molecule has 154 valence electrons. The second kappa shape index (κ2) is 12.3. The Balaban J connectivity index is 2.30. The molecule has 1 rings (SSSR count). The lowest BCUT2D eigenvalue weighted by Crippen LogP contribution is -2.49. The molecule has 0 fully saturated rings. The highest BCUT2D eigenvalue weighted by atomic mass is 16.5. The summed E-state index contributed by atoms with van der Waals surface area (Å²) in [6.45, 7) is 3.11. The largest absolute Gasteiger partial charge is 0.467 e. The molecule has 3 N–H and O–H groups in total. The van der Waals surface area contributed by atoms with Gasteiger partial charge in [-0.15, -0.1) is 0 Å². The van der Waals surface area contributed by atoms with Gasteiger partial charge in [-0.05, 0) is 11.5 Å². The summed E-state index contributed by atoms with van der Waals surface area (Å²) in [7, 11) is 1.24. The zero-order chi connectivity index (χ0) is 20.9. The zero-order valence-electron chi connectivity index (χ0n) is 16.3. The average Bonchev–Trinajstić information content (AvgIpc) is 2.72. The van der Waals surface area contributed by atoms with E-state index in [9.17, 15) is 19.2 Å². The standard InChI is InChI=1S/C19H27N3O6/c1-4-13(2)17(18(25)27-3)22-16(24)11-20-15(23)10-21-19(26)28-12-14-8-6-5-7-9-14/h5-9,13,17H,4,10-12H2,1-3H3,(H,20,23)(H,21,26)(H,22,24)/t13-,17-/m0/s1.